The largest absolute Gasteiger partial charge is 0.374 e. The first-order valence-corrected chi connectivity index (χ1v) is 7.19. The number of nitrogens with one attached hydrogen (secondary N) is 2. The Balaban J connectivity index is 1.85. The third kappa shape index (κ3) is 5.00. The monoisotopic (exact) mass is 346 g/mol. The summed E-state index contributed by atoms with van der Waals surface area (Å²) in [6.45, 7) is 1.77. The van der Waals surface area contributed by atoms with Crippen LogP contribution in [0.25, 0.3) is 0 Å². The van der Waals surface area contributed by atoms with Crippen molar-refractivity contribution in [3.63, 3.8) is 0 Å². The molecule has 1 amide bonds. The topological polar surface area (TPSA) is 66.4 Å². The van der Waals surface area contributed by atoms with Crippen LogP contribution in [0.1, 0.15) is 12.5 Å². The van der Waals surface area contributed by atoms with Gasteiger partial charge in [-0.05, 0) is 37.3 Å². The summed E-state index contributed by atoms with van der Waals surface area (Å²) >= 11 is 3.37. The van der Waals surface area contributed by atoms with Gasteiger partial charge in [0.25, 0.3) is 5.91 Å². The zero-order valence-electron chi connectivity index (χ0n) is 11.5. The average molecular weight is 347 g/mol. The molecular weight excluding hydrogens is 332 g/mol. The number of pyridine rings is 1. The van der Waals surface area contributed by atoms with Crippen LogP contribution in [0.4, 0.5) is 5.69 Å². The van der Waals surface area contributed by atoms with Gasteiger partial charge in [-0.15, -0.1) is 0 Å². The summed E-state index contributed by atoms with van der Waals surface area (Å²) < 4.78 is 0.992. The highest BCUT2D eigenvalue weighted by Crippen LogP contribution is 2.14. The number of hydrogen-bond donors (Lipinski definition) is 2. The first-order valence-electron chi connectivity index (χ1n) is 6.40. The number of hydrazone groups is 1. The van der Waals surface area contributed by atoms with Crippen molar-refractivity contribution >= 4 is 33.7 Å². The summed E-state index contributed by atoms with van der Waals surface area (Å²) in [5.41, 5.74) is 4.19. The lowest BCUT2D eigenvalue weighted by molar-refractivity contribution is -0.121. The zero-order valence-corrected chi connectivity index (χ0v) is 13.0. The van der Waals surface area contributed by atoms with Crippen LogP contribution < -0.4 is 10.7 Å². The maximum Gasteiger partial charge on any atom is 0.262 e. The summed E-state index contributed by atoms with van der Waals surface area (Å²) in [6, 6.07) is 10.9. The summed E-state index contributed by atoms with van der Waals surface area (Å²) in [4.78, 5) is 15.9. The van der Waals surface area contributed by atoms with Crippen LogP contribution in [-0.2, 0) is 4.79 Å². The van der Waals surface area contributed by atoms with Crippen LogP contribution >= 0.6 is 15.9 Å². The van der Waals surface area contributed by atoms with Crippen molar-refractivity contribution < 1.29 is 4.79 Å². The van der Waals surface area contributed by atoms with E-state index in [4.69, 9.17) is 0 Å². The Kier molecular flexibility index (Phi) is 5.45. The summed E-state index contributed by atoms with van der Waals surface area (Å²) in [7, 11) is 0. The fourth-order valence-corrected chi connectivity index (χ4v) is 1.85. The van der Waals surface area contributed by atoms with E-state index in [0.717, 1.165) is 15.7 Å². The lowest BCUT2D eigenvalue weighted by Gasteiger charge is -2.13. The second-order valence-electron chi connectivity index (χ2n) is 4.39. The molecule has 0 aliphatic heterocycles. The fourth-order valence-electron chi connectivity index (χ4n) is 1.58. The minimum atomic E-state index is -0.391. The Morgan fingerprint density at radius 2 is 2.10 bits per heavy atom. The second kappa shape index (κ2) is 7.54. The number of aromatic nitrogens is 1. The molecule has 2 N–H and O–H groups in total. The van der Waals surface area contributed by atoms with Crippen LogP contribution in [0.2, 0.25) is 0 Å². The zero-order chi connectivity index (χ0) is 15.1. The highest BCUT2D eigenvalue weighted by molar-refractivity contribution is 9.10. The van der Waals surface area contributed by atoms with Crippen LogP contribution in [0.3, 0.4) is 0 Å². The predicted molar refractivity (Wildman–Crippen MR) is 87.2 cm³/mol. The third-order valence-electron chi connectivity index (χ3n) is 2.69. The number of nitrogens with zero attached hydrogens (tertiary/aromatic N) is 2. The predicted octanol–water partition coefficient (Wildman–Crippen LogP) is 2.79. The van der Waals surface area contributed by atoms with E-state index in [1.54, 1.807) is 31.6 Å². The first kappa shape index (κ1) is 15.2. The molecule has 108 valence electrons. The highest BCUT2D eigenvalue weighted by atomic mass is 79.9. The van der Waals surface area contributed by atoms with Crippen molar-refractivity contribution in [2.45, 2.75) is 13.0 Å². The van der Waals surface area contributed by atoms with Gasteiger partial charge >= 0.3 is 0 Å². The molecule has 2 rings (SSSR count). The standard InChI is InChI=1S/C15H15BrN4O/c1-11(19-14-6-4-13(16)5-7-14)15(21)20-18-10-12-3-2-8-17-9-12/h2-11,19H,1H3,(H,20,21). The quantitative estimate of drug-likeness (QED) is 0.646. The molecule has 0 radical (unpaired) electrons. The minimum absolute atomic E-state index is 0.210. The Morgan fingerprint density at radius 1 is 1.33 bits per heavy atom. The summed E-state index contributed by atoms with van der Waals surface area (Å²) in [5, 5.41) is 7.00. The normalized spacial score (nSPS) is 12.1. The molecule has 0 saturated heterocycles. The van der Waals surface area contributed by atoms with E-state index < -0.39 is 6.04 Å². The molecule has 0 spiro atoms. The van der Waals surface area contributed by atoms with Crippen molar-refractivity contribution in [2.24, 2.45) is 5.10 Å². The number of benzene rings is 1. The Hall–Kier alpha value is -2.21. The van der Waals surface area contributed by atoms with Crippen molar-refractivity contribution in [1.82, 2.24) is 10.4 Å². The van der Waals surface area contributed by atoms with Crippen molar-refractivity contribution in [3.8, 4) is 0 Å². The molecule has 1 aromatic heterocycles. The molecule has 5 nitrogen and oxygen atoms in total. The fraction of sp³-hybridized carbons (Fsp3) is 0.133. The Labute approximate surface area is 131 Å². The number of hydrogen-bond acceptors (Lipinski definition) is 4. The minimum Gasteiger partial charge on any atom is -0.374 e. The van der Waals surface area contributed by atoms with E-state index in [1.165, 1.54) is 0 Å². The first-order chi connectivity index (χ1) is 10.1. The average Bonchev–Trinajstić information content (AvgIpc) is 2.50. The van der Waals surface area contributed by atoms with Gasteiger partial charge in [-0.25, -0.2) is 5.43 Å². The lowest BCUT2D eigenvalue weighted by Crippen LogP contribution is -2.34. The highest BCUT2D eigenvalue weighted by Gasteiger charge is 2.11. The number of halogens is 1. The third-order valence-corrected chi connectivity index (χ3v) is 3.22. The van der Waals surface area contributed by atoms with E-state index in [2.05, 4.69) is 36.8 Å². The molecule has 0 saturated carbocycles. The number of carbonyl (C=O) groups is 1. The molecule has 1 heterocycles. The van der Waals surface area contributed by atoms with Crippen molar-refractivity contribution in [3.05, 3.63) is 58.8 Å². The lowest BCUT2D eigenvalue weighted by atomic mass is 10.2. The van der Waals surface area contributed by atoms with Gasteiger partial charge in [0.15, 0.2) is 0 Å². The van der Waals surface area contributed by atoms with E-state index >= 15 is 0 Å². The van der Waals surface area contributed by atoms with Crippen LogP contribution in [0.15, 0.2) is 58.4 Å². The van der Waals surface area contributed by atoms with Gasteiger partial charge in [0.1, 0.15) is 6.04 Å². The molecule has 0 aliphatic carbocycles. The Bertz CT molecular complexity index is 613. The van der Waals surface area contributed by atoms with Gasteiger partial charge in [0.2, 0.25) is 0 Å². The molecule has 1 atom stereocenters. The molecule has 0 bridgehead atoms. The summed E-state index contributed by atoms with van der Waals surface area (Å²) in [6.07, 6.45) is 4.90. The number of amides is 1. The SMILES string of the molecule is CC(Nc1ccc(Br)cc1)C(=O)NN=Cc1cccnc1. The molecule has 2 aromatic rings. The maximum absolute atomic E-state index is 11.9. The second-order valence-corrected chi connectivity index (χ2v) is 5.31. The molecule has 0 aliphatic rings. The van der Waals surface area contributed by atoms with Gasteiger partial charge in [-0.3, -0.25) is 9.78 Å². The van der Waals surface area contributed by atoms with Gasteiger partial charge in [-0.2, -0.15) is 5.10 Å². The van der Waals surface area contributed by atoms with Gasteiger partial charge < -0.3 is 5.32 Å². The number of anilines is 1. The van der Waals surface area contributed by atoms with E-state index in [9.17, 15) is 4.79 Å². The van der Waals surface area contributed by atoms with Gasteiger partial charge in [-0.1, -0.05) is 22.0 Å². The molecular formula is C15H15BrN4O. The van der Waals surface area contributed by atoms with Gasteiger partial charge in [0.05, 0.1) is 6.21 Å². The number of rotatable bonds is 5. The maximum atomic E-state index is 11.9. The molecule has 0 fully saturated rings. The van der Waals surface area contributed by atoms with Gasteiger partial charge in [0, 0.05) is 28.1 Å². The van der Waals surface area contributed by atoms with Crippen molar-refractivity contribution in [1.29, 1.82) is 0 Å². The summed E-state index contributed by atoms with van der Waals surface area (Å²) in [5.74, 6) is -0.210. The molecule has 1 aromatic carbocycles. The van der Waals surface area contributed by atoms with E-state index in [0.29, 0.717) is 0 Å². The van der Waals surface area contributed by atoms with Crippen LogP contribution in [0, 0.1) is 0 Å². The molecule has 1 unspecified atom stereocenters. The van der Waals surface area contributed by atoms with Crippen LogP contribution in [-0.4, -0.2) is 23.1 Å². The van der Waals surface area contributed by atoms with Crippen LogP contribution in [0.5, 0.6) is 0 Å². The van der Waals surface area contributed by atoms with E-state index in [-0.39, 0.29) is 5.91 Å². The number of carbonyl (C=O) groups excluding carboxylic acids is 1. The van der Waals surface area contributed by atoms with Crippen molar-refractivity contribution in [2.75, 3.05) is 5.32 Å². The smallest absolute Gasteiger partial charge is 0.262 e. The van der Waals surface area contributed by atoms with E-state index in [1.807, 2.05) is 30.3 Å². The molecule has 6 heteroatoms. The molecule has 21 heavy (non-hydrogen) atoms. The Morgan fingerprint density at radius 3 is 2.76 bits per heavy atom.